The van der Waals surface area contributed by atoms with Gasteiger partial charge in [-0.3, -0.25) is 0 Å². The van der Waals surface area contributed by atoms with E-state index < -0.39 is 10.0 Å². The predicted octanol–water partition coefficient (Wildman–Crippen LogP) is 3.05. The van der Waals surface area contributed by atoms with Crippen LogP contribution in [0.2, 0.25) is 0 Å². The van der Waals surface area contributed by atoms with Crippen molar-refractivity contribution in [3.63, 3.8) is 0 Å². The van der Waals surface area contributed by atoms with Gasteiger partial charge in [-0.25, -0.2) is 13.1 Å². The number of hydrogen-bond acceptors (Lipinski definition) is 3. The van der Waals surface area contributed by atoms with Gasteiger partial charge in [-0.15, -0.1) is 12.4 Å². The van der Waals surface area contributed by atoms with Crippen LogP contribution in [0.1, 0.15) is 12.8 Å². The SMILES string of the molecule is Cl.O=S(=O)(NC1CCCNC1)c1ccc2cc(Br)ccc2c1. The highest BCUT2D eigenvalue weighted by Gasteiger charge is 2.21. The van der Waals surface area contributed by atoms with E-state index in [4.69, 9.17) is 0 Å². The lowest BCUT2D eigenvalue weighted by molar-refractivity contribution is 0.428. The first-order chi connectivity index (χ1) is 10.0. The Morgan fingerprint density at radius 2 is 1.86 bits per heavy atom. The number of nitrogens with one attached hydrogen (secondary N) is 2. The highest BCUT2D eigenvalue weighted by atomic mass is 79.9. The van der Waals surface area contributed by atoms with Gasteiger partial charge in [0.05, 0.1) is 4.90 Å². The fraction of sp³-hybridized carbons (Fsp3) is 0.333. The molecule has 4 nitrogen and oxygen atoms in total. The van der Waals surface area contributed by atoms with E-state index in [1.54, 1.807) is 12.1 Å². The molecule has 0 saturated carbocycles. The number of fused-ring (bicyclic) bond motifs is 1. The summed E-state index contributed by atoms with van der Waals surface area (Å²) in [7, 11) is -3.46. The van der Waals surface area contributed by atoms with E-state index >= 15 is 0 Å². The normalized spacial score (nSPS) is 18.9. The van der Waals surface area contributed by atoms with Gasteiger partial charge < -0.3 is 5.32 Å². The van der Waals surface area contributed by atoms with Gasteiger partial charge >= 0.3 is 0 Å². The molecule has 0 aliphatic carbocycles. The lowest BCUT2D eigenvalue weighted by Gasteiger charge is -2.23. The Bertz CT molecular complexity index is 761. The molecule has 0 amide bonds. The van der Waals surface area contributed by atoms with Crippen LogP contribution in [0.3, 0.4) is 0 Å². The van der Waals surface area contributed by atoms with Crippen LogP contribution in [0.4, 0.5) is 0 Å². The van der Waals surface area contributed by atoms with E-state index in [1.165, 1.54) is 0 Å². The summed E-state index contributed by atoms with van der Waals surface area (Å²) in [5.74, 6) is 0. The minimum absolute atomic E-state index is 0. The summed E-state index contributed by atoms with van der Waals surface area (Å²) in [6.07, 6.45) is 1.88. The number of sulfonamides is 1. The first-order valence-electron chi connectivity index (χ1n) is 6.97. The van der Waals surface area contributed by atoms with Crippen LogP contribution in [-0.4, -0.2) is 27.5 Å². The Kier molecular flexibility index (Phi) is 5.85. The Morgan fingerprint density at radius 1 is 1.14 bits per heavy atom. The Morgan fingerprint density at radius 3 is 2.59 bits per heavy atom. The summed E-state index contributed by atoms with van der Waals surface area (Å²) in [5, 5.41) is 5.15. The number of benzene rings is 2. The Hall–Kier alpha value is -0.660. The average molecular weight is 406 g/mol. The fourth-order valence-corrected chi connectivity index (χ4v) is 4.29. The van der Waals surface area contributed by atoms with Crippen LogP contribution in [0.25, 0.3) is 10.8 Å². The molecule has 2 aromatic carbocycles. The molecule has 0 aromatic heterocycles. The second-order valence-corrected chi connectivity index (χ2v) is 7.95. The molecule has 2 aromatic rings. The molecule has 120 valence electrons. The van der Waals surface area contributed by atoms with Gasteiger partial charge in [0.2, 0.25) is 10.0 Å². The number of halogens is 2. The molecule has 0 bridgehead atoms. The maximum absolute atomic E-state index is 12.5. The second kappa shape index (κ2) is 7.27. The van der Waals surface area contributed by atoms with Crippen molar-refractivity contribution >= 4 is 49.1 Å². The van der Waals surface area contributed by atoms with Crippen LogP contribution in [0.5, 0.6) is 0 Å². The fourth-order valence-electron chi connectivity index (χ4n) is 2.60. The third kappa shape index (κ3) is 4.00. The summed E-state index contributed by atoms with van der Waals surface area (Å²) < 4.78 is 28.7. The van der Waals surface area contributed by atoms with Gasteiger partial charge in [-0.1, -0.05) is 28.1 Å². The van der Waals surface area contributed by atoms with Crippen LogP contribution < -0.4 is 10.0 Å². The van der Waals surface area contributed by atoms with Gasteiger partial charge in [0, 0.05) is 17.1 Å². The van der Waals surface area contributed by atoms with Gasteiger partial charge in [0.1, 0.15) is 0 Å². The summed E-state index contributed by atoms with van der Waals surface area (Å²) >= 11 is 3.42. The standard InChI is InChI=1S/C15H17BrN2O2S.ClH/c16-13-5-3-12-9-15(6-4-11(12)8-13)21(19,20)18-14-2-1-7-17-10-14;/h3-6,8-9,14,17-18H,1-2,7,10H2;1H. The Balaban J connectivity index is 0.00000176. The maximum Gasteiger partial charge on any atom is 0.240 e. The number of rotatable bonds is 3. The predicted molar refractivity (Wildman–Crippen MR) is 95.1 cm³/mol. The summed E-state index contributed by atoms with van der Waals surface area (Å²) in [5.41, 5.74) is 0. The zero-order valence-corrected chi connectivity index (χ0v) is 15.1. The van der Waals surface area contributed by atoms with Crippen molar-refractivity contribution in [2.75, 3.05) is 13.1 Å². The van der Waals surface area contributed by atoms with E-state index in [-0.39, 0.29) is 18.4 Å². The summed E-state index contributed by atoms with van der Waals surface area (Å²) in [6, 6.07) is 11.0. The van der Waals surface area contributed by atoms with Gasteiger partial charge in [-0.2, -0.15) is 0 Å². The van der Waals surface area contributed by atoms with Crippen LogP contribution in [-0.2, 0) is 10.0 Å². The average Bonchev–Trinajstić information content (AvgIpc) is 2.47. The van der Waals surface area contributed by atoms with Crippen molar-refractivity contribution in [2.45, 2.75) is 23.8 Å². The molecule has 1 unspecified atom stereocenters. The first-order valence-corrected chi connectivity index (χ1v) is 9.25. The molecule has 7 heteroatoms. The van der Waals surface area contributed by atoms with Gasteiger partial charge in [-0.05, 0) is 54.4 Å². The van der Waals surface area contributed by atoms with E-state index in [2.05, 4.69) is 26.0 Å². The zero-order chi connectivity index (χ0) is 14.9. The van der Waals surface area contributed by atoms with Gasteiger partial charge in [0.15, 0.2) is 0 Å². The third-order valence-electron chi connectivity index (χ3n) is 3.70. The summed E-state index contributed by atoms with van der Waals surface area (Å²) in [4.78, 5) is 0.322. The molecule has 3 rings (SSSR count). The minimum atomic E-state index is -3.46. The molecule has 1 aliphatic heterocycles. The number of piperidine rings is 1. The third-order valence-corrected chi connectivity index (χ3v) is 5.71. The lowest BCUT2D eigenvalue weighted by Crippen LogP contribution is -2.45. The monoisotopic (exact) mass is 404 g/mol. The molecule has 2 N–H and O–H groups in total. The molecular formula is C15H18BrClN2O2S. The maximum atomic E-state index is 12.5. The van der Waals surface area contributed by atoms with Crippen LogP contribution in [0.15, 0.2) is 45.8 Å². The van der Waals surface area contributed by atoms with Crippen molar-refractivity contribution < 1.29 is 8.42 Å². The van der Waals surface area contributed by atoms with Crippen molar-refractivity contribution in [1.82, 2.24) is 10.0 Å². The molecule has 0 spiro atoms. The van der Waals surface area contributed by atoms with E-state index in [0.717, 1.165) is 34.6 Å². The van der Waals surface area contributed by atoms with Crippen molar-refractivity contribution in [3.8, 4) is 0 Å². The molecule has 0 radical (unpaired) electrons. The van der Waals surface area contributed by atoms with Crippen molar-refractivity contribution in [3.05, 3.63) is 40.9 Å². The molecule has 1 saturated heterocycles. The second-order valence-electron chi connectivity index (χ2n) is 5.32. The van der Waals surface area contributed by atoms with Crippen molar-refractivity contribution in [2.24, 2.45) is 0 Å². The Labute approximate surface area is 145 Å². The minimum Gasteiger partial charge on any atom is -0.315 e. The van der Waals surface area contributed by atoms with Crippen LogP contribution in [0, 0.1) is 0 Å². The van der Waals surface area contributed by atoms with E-state index in [9.17, 15) is 8.42 Å². The van der Waals surface area contributed by atoms with Crippen molar-refractivity contribution in [1.29, 1.82) is 0 Å². The number of hydrogen-bond donors (Lipinski definition) is 2. The molecule has 1 fully saturated rings. The topological polar surface area (TPSA) is 58.2 Å². The molecule has 1 aliphatic rings. The van der Waals surface area contributed by atoms with E-state index in [0.29, 0.717) is 11.4 Å². The molecule has 1 atom stereocenters. The quantitative estimate of drug-likeness (QED) is 0.825. The van der Waals surface area contributed by atoms with Gasteiger partial charge in [0.25, 0.3) is 0 Å². The largest absolute Gasteiger partial charge is 0.315 e. The first kappa shape index (κ1) is 17.7. The highest BCUT2D eigenvalue weighted by molar-refractivity contribution is 9.10. The highest BCUT2D eigenvalue weighted by Crippen LogP contribution is 2.23. The van der Waals surface area contributed by atoms with Crippen LogP contribution >= 0.6 is 28.3 Å². The molecule has 1 heterocycles. The zero-order valence-electron chi connectivity index (χ0n) is 11.9. The molecular weight excluding hydrogens is 388 g/mol. The van der Waals surface area contributed by atoms with E-state index in [1.807, 2.05) is 24.3 Å². The molecule has 22 heavy (non-hydrogen) atoms. The smallest absolute Gasteiger partial charge is 0.240 e. The summed E-state index contributed by atoms with van der Waals surface area (Å²) in [6.45, 7) is 1.66. The lowest BCUT2D eigenvalue weighted by atomic mass is 10.1.